The van der Waals surface area contributed by atoms with Crippen LogP contribution in [0.3, 0.4) is 0 Å². The number of benzene rings is 1. The van der Waals surface area contributed by atoms with E-state index in [-0.39, 0.29) is 0 Å². The van der Waals surface area contributed by atoms with Gasteiger partial charge >= 0.3 is 0 Å². The van der Waals surface area contributed by atoms with Gasteiger partial charge in [0, 0.05) is 18.8 Å². The molecule has 3 aromatic rings. The number of pyridine rings is 1. The Labute approximate surface area is 116 Å². The van der Waals surface area contributed by atoms with Crippen LogP contribution in [0.25, 0.3) is 22.4 Å². The lowest BCUT2D eigenvalue weighted by molar-refractivity contribution is 0.413. The minimum absolute atomic E-state index is 0.710. The van der Waals surface area contributed by atoms with Gasteiger partial charge in [0.1, 0.15) is 22.8 Å². The third-order valence-electron chi connectivity index (χ3n) is 3.30. The molecule has 1 aromatic carbocycles. The van der Waals surface area contributed by atoms with Crippen LogP contribution in [0.2, 0.25) is 0 Å². The SMILES string of the molecule is COc1cncc(-c2nc3c(OC)cccc3n2C)c1. The topological polar surface area (TPSA) is 49.2 Å². The van der Waals surface area contributed by atoms with Crippen molar-refractivity contribution in [2.75, 3.05) is 14.2 Å². The second kappa shape index (κ2) is 4.85. The van der Waals surface area contributed by atoms with E-state index in [1.165, 1.54) is 0 Å². The van der Waals surface area contributed by atoms with E-state index in [9.17, 15) is 0 Å². The lowest BCUT2D eigenvalue weighted by Gasteiger charge is -2.04. The molecule has 0 saturated carbocycles. The molecule has 0 bridgehead atoms. The third-order valence-corrected chi connectivity index (χ3v) is 3.30. The molecule has 5 heteroatoms. The van der Waals surface area contributed by atoms with Gasteiger partial charge in [-0.3, -0.25) is 4.98 Å². The predicted octanol–water partition coefficient (Wildman–Crippen LogP) is 2.65. The number of hydrogen-bond acceptors (Lipinski definition) is 4. The highest BCUT2D eigenvalue weighted by Gasteiger charge is 2.13. The summed E-state index contributed by atoms with van der Waals surface area (Å²) in [5.41, 5.74) is 2.77. The summed E-state index contributed by atoms with van der Waals surface area (Å²) in [5, 5.41) is 0. The second-order valence-corrected chi connectivity index (χ2v) is 4.44. The maximum Gasteiger partial charge on any atom is 0.146 e. The number of para-hydroxylation sites is 1. The monoisotopic (exact) mass is 269 g/mol. The molecule has 20 heavy (non-hydrogen) atoms. The Kier molecular flexibility index (Phi) is 3.02. The first-order valence-corrected chi connectivity index (χ1v) is 6.23. The van der Waals surface area contributed by atoms with E-state index >= 15 is 0 Å². The lowest BCUT2D eigenvalue weighted by Crippen LogP contribution is -1.94. The van der Waals surface area contributed by atoms with E-state index in [1.807, 2.05) is 35.9 Å². The highest BCUT2D eigenvalue weighted by atomic mass is 16.5. The summed E-state index contributed by atoms with van der Waals surface area (Å²) in [6.07, 6.45) is 3.45. The van der Waals surface area contributed by atoms with Gasteiger partial charge in [0.15, 0.2) is 0 Å². The summed E-state index contributed by atoms with van der Waals surface area (Å²) in [6, 6.07) is 7.79. The average Bonchev–Trinajstić information content (AvgIpc) is 2.84. The van der Waals surface area contributed by atoms with Gasteiger partial charge in [-0.25, -0.2) is 4.98 Å². The van der Waals surface area contributed by atoms with Gasteiger partial charge in [0.05, 0.1) is 25.9 Å². The van der Waals surface area contributed by atoms with Crippen LogP contribution in [0.4, 0.5) is 0 Å². The van der Waals surface area contributed by atoms with E-state index in [1.54, 1.807) is 26.6 Å². The fourth-order valence-corrected chi connectivity index (χ4v) is 2.26. The van der Waals surface area contributed by atoms with Crippen molar-refractivity contribution in [1.82, 2.24) is 14.5 Å². The molecule has 2 heterocycles. The molecule has 0 aliphatic rings. The van der Waals surface area contributed by atoms with Crippen molar-refractivity contribution in [2.24, 2.45) is 7.05 Å². The highest BCUT2D eigenvalue weighted by molar-refractivity contribution is 5.85. The van der Waals surface area contributed by atoms with Gasteiger partial charge in [-0.05, 0) is 18.2 Å². The fourth-order valence-electron chi connectivity index (χ4n) is 2.26. The van der Waals surface area contributed by atoms with Crippen molar-refractivity contribution >= 4 is 11.0 Å². The Morgan fingerprint density at radius 3 is 2.70 bits per heavy atom. The third kappa shape index (κ3) is 1.87. The summed E-state index contributed by atoms with van der Waals surface area (Å²) in [5.74, 6) is 2.30. The van der Waals surface area contributed by atoms with Gasteiger partial charge < -0.3 is 14.0 Å². The number of ether oxygens (including phenoxy) is 2. The first-order chi connectivity index (χ1) is 9.74. The number of fused-ring (bicyclic) bond motifs is 1. The first kappa shape index (κ1) is 12.5. The van der Waals surface area contributed by atoms with Crippen LogP contribution in [-0.2, 0) is 7.05 Å². The molecule has 0 amide bonds. The number of hydrogen-bond donors (Lipinski definition) is 0. The molecule has 5 nitrogen and oxygen atoms in total. The molecule has 0 aliphatic heterocycles. The lowest BCUT2D eigenvalue weighted by atomic mass is 10.2. The number of nitrogens with zero attached hydrogens (tertiary/aromatic N) is 3. The van der Waals surface area contributed by atoms with Gasteiger partial charge in [0.25, 0.3) is 0 Å². The normalized spacial score (nSPS) is 10.8. The molecule has 0 fully saturated rings. The predicted molar refractivity (Wildman–Crippen MR) is 77.0 cm³/mol. The summed E-state index contributed by atoms with van der Waals surface area (Å²) in [7, 11) is 5.25. The zero-order chi connectivity index (χ0) is 14.1. The molecule has 0 aliphatic carbocycles. The van der Waals surface area contributed by atoms with Crippen molar-refractivity contribution in [1.29, 1.82) is 0 Å². The molecular weight excluding hydrogens is 254 g/mol. The zero-order valence-corrected chi connectivity index (χ0v) is 11.6. The van der Waals surface area contributed by atoms with Gasteiger partial charge in [-0.1, -0.05) is 6.07 Å². The van der Waals surface area contributed by atoms with E-state index in [4.69, 9.17) is 9.47 Å². The highest BCUT2D eigenvalue weighted by Crippen LogP contribution is 2.30. The molecule has 2 aromatic heterocycles. The maximum atomic E-state index is 5.36. The van der Waals surface area contributed by atoms with E-state index < -0.39 is 0 Å². The zero-order valence-electron chi connectivity index (χ0n) is 11.6. The molecule has 3 rings (SSSR count). The van der Waals surface area contributed by atoms with Crippen molar-refractivity contribution in [3.63, 3.8) is 0 Å². The Morgan fingerprint density at radius 2 is 1.95 bits per heavy atom. The summed E-state index contributed by atoms with van der Waals surface area (Å²) >= 11 is 0. The van der Waals surface area contributed by atoms with E-state index in [2.05, 4.69) is 9.97 Å². The summed E-state index contributed by atoms with van der Waals surface area (Å²) in [4.78, 5) is 8.85. The first-order valence-electron chi connectivity index (χ1n) is 6.23. The molecule has 0 atom stereocenters. The van der Waals surface area contributed by atoms with Crippen LogP contribution >= 0.6 is 0 Å². The smallest absolute Gasteiger partial charge is 0.146 e. The number of methoxy groups -OCH3 is 2. The molecule has 0 spiro atoms. The minimum atomic E-state index is 0.710. The van der Waals surface area contributed by atoms with Crippen LogP contribution in [0, 0.1) is 0 Å². The van der Waals surface area contributed by atoms with Gasteiger partial charge in [0.2, 0.25) is 0 Å². The maximum absolute atomic E-state index is 5.36. The Morgan fingerprint density at radius 1 is 1.10 bits per heavy atom. The van der Waals surface area contributed by atoms with Crippen molar-refractivity contribution in [2.45, 2.75) is 0 Å². The number of aryl methyl sites for hydroxylation is 1. The van der Waals surface area contributed by atoms with Crippen molar-refractivity contribution < 1.29 is 9.47 Å². The van der Waals surface area contributed by atoms with Gasteiger partial charge in [-0.2, -0.15) is 0 Å². The number of rotatable bonds is 3. The van der Waals surface area contributed by atoms with E-state index in [0.717, 1.165) is 28.2 Å². The Bertz CT molecular complexity index is 765. The molecule has 0 unspecified atom stereocenters. The average molecular weight is 269 g/mol. The molecule has 0 radical (unpaired) electrons. The van der Waals surface area contributed by atoms with Crippen molar-refractivity contribution in [3.05, 3.63) is 36.7 Å². The number of imidazole rings is 1. The van der Waals surface area contributed by atoms with Crippen LogP contribution < -0.4 is 9.47 Å². The Balaban J connectivity index is 2.23. The fraction of sp³-hybridized carbons (Fsp3) is 0.200. The minimum Gasteiger partial charge on any atom is -0.495 e. The van der Waals surface area contributed by atoms with Crippen LogP contribution in [0.15, 0.2) is 36.7 Å². The Hall–Kier alpha value is -2.56. The summed E-state index contributed by atoms with van der Waals surface area (Å²) < 4.78 is 12.6. The largest absolute Gasteiger partial charge is 0.495 e. The summed E-state index contributed by atoms with van der Waals surface area (Å²) in [6.45, 7) is 0. The van der Waals surface area contributed by atoms with Crippen LogP contribution in [-0.4, -0.2) is 28.8 Å². The quantitative estimate of drug-likeness (QED) is 0.733. The molecule has 0 saturated heterocycles. The van der Waals surface area contributed by atoms with Crippen LogP contribution in [0.1, 0.15) is 0 Å². The standard InChI is InChI=1S/C15H15N3O2/c1-18-12-5-4-6-13(20-3)14(12)17-15(18)10-7-11(19-2)9-16-8-10/h4-9H,1-3H3. The molecule has 0 N–H and O–H groups in total. The number of aromatic nitrogens is 3. The second-order valence-electron chi connectivity index (χ2n) is 4.44. The molecule has 102 valence electrons. The van der Waals surface area contributed by atoms with Gasteiger partial charge in [-0.15, -0.1) is 0 Å². The van der Waals surface area contributed by atoms with E-state index in [0.29, 0.717) is 5.75 Å². The van der Waals surface area contributed by atoms with Crippen LogP contribution in [0.5, 0.6) is 11.5 Å². The van der Waals surface area contributed by atoms with Crippen molar-refractivity contribution in [3.8, 4) is 22.9 Å². The molecular formula is C15H15N3O2.